The zero-order chi connectivity index (χ0) is 12.4. The second-order valence-electron chi connectivity index (χ2n) is 3.83. The molecule has 0 atom stereocenters. The van der Waals surface area contributed by atoms with Crippen molar-refractivity contribution in [2.24, 2.45) is 0 Å². The molecule has 0 bridgehead atoms. The fraction of sp³-hybridized carbons (Fsp3) is 0.308. The van der Waals surface area contributed by atoms with E-state index in [2.05, 4.69) is 17.2 Å². The molecule has 2 nitrogen and oxygen atoms in total. The molecule has 0 spiro atoms. The molecular weight excluding hydrogens is 239 g/mol. The number of benzene rings is 1. The van der Waals surface area contributed by atoms with Gasteiger partial charge in [0.25, 0.3) is 0 Å². The first-order chi connectivity index (χ1) is 8.15. The van der Waals surface area contributed by atoms with Gasteiger partial charge in [-0.1, -0.05) is 18.5 Å². The second kappa shape index (κ2) is 4.88. The van der Waals surface area contributed by atoms with Gasteiger partial charge >= 0.3 is 0 Å². The van der Waals surface area contributed by atoms with Gasteiger partial charge < -0.3 is 5.32 Å². The van der Waals surface area contributed by atoms with Crippen molar-refractivity contribution in [1.82, 2.24) is 4.98 Å². The van der Waals surface area contributed by atoms with Crippen molar-refractivity contribution in [3.05, 3.63) is 34.6 Å². The number of pyridine rings is 1. The highest BCUT2D eigenvalue weighted by Crippen LogP contribution is 2.27. The lowest BCUT2D eigenvalue weighted by Gasteiger charge is -2.10. The predicted octanol–water partition coefficient (Wildman–Crippen LogP) is 4.02. The van der Waals surface area contributed by atoms with E-state index in [9.17, 15) is 4.39 Å². The number of nitrogens with one attached hydrogen (secondary N) is 1. The van der Waals surface area contributed by atoms with Gasteiger partial charge in [0.15, 0.2) is 0 Å². The highest BCUT2D eigenvalue weighted by molar-refractivity contribution is 6.35. The largest absolute Gasteiger partial charge is 0.370 e. The number of rotatable bonds is 3. The molecule has 90 valence electrons. The summed E-state index contributed by atoms with van der Waals surface area (Å²) in [4.78, 5) is 4.42. The topological polar surface area (TPSA) is 24.9 Å². The van der Waals surface area contributed by atoms with Gasteiger partial charge in [-0.2, -0.15) is 0 Å². The van der Waals surface area contributed by atoms with E-state index < -0.39 is 0 Å². The summed E-state index contributed by atoms with van der Waals surface area (Å²) >= 11 is 6.02. The molecule has 0 unspecified atom stereocenters. The summed E-state index contributed by atoms with van der Waals surface area (Å²) in [6, 6.07) is 4.70. The van der Waals surface area contributed by atoms with E-state index in [1.807, 2.05) is 13.0 Å². The van der Waals surface area contributed by atoms with Crippen molar-refractivity contribution in [2.75, 3.05) is 11.9 Å². The Morgan fingerprint density at radius 1 is 1.29 bits per heavy atom. The number of fused-ring (bicyclic) bond motifs is 1. The van der Waals surface area contributed by atoms with Crippen LogP contribution < -0.4 is 5.32 Å². The molecule has 1 heterocycles. The standard InChI is InChI=1S/C13H14ClFN2/c1-3-8-5-10-11(14)6-9(15)7-12(10)17-13(8)16-4-2/h5-7H,3-4H2,1-2H3,(H,16,17). The molecule has 2 rings (SSSR count). The summed E-state index contributed by atoms with van der Waals surface area (Å²) in [5.41, 5.74) is 1.68. The summed E-state index contributed by atoms with van der Waals surface area (Å²) in [6.07, 6.45) is 0.860. The molecule has 17 heavy (non-hydrogen) atoms. The van der Waals surface area contributed by atoms with Crippen LogP contribution in [0.3, 0.4) is 0 Å². The van der Waals surface area contributed by atoms with Gasteiger partial charge in [-0.15, -0.1) is 0 Å². The molecule has 0 aliphatic heterocycles. The quantitative estimate of drug-likeness (QED) is 0.892. The van der Waals surface area contributed by atoms with E-state index in [4.69, 9.17) is 11.6 Å². The third kappa shape index (κ3) is 2.34. The van der Waals surface area contributed by atoms with Crippen molar-refractivity contribution >= 4 is 28.3 Å². The number of halogens is 2. The van der Waals surface area contributed by atoms with Gasteiger partial charge in [0.05, 0.1) is 10.5 Å². The third-order valence-corrected chi connectivity index (χ3v) is 2.97. The molecule has 0 radical (unpaired) electrons. The average Bonchev–Trinajstić information content (AvgIpc) is 2.28. The first kappa shape index (κ1) is 12.1. The Morgan fingerprint density at radius 2 is 2.06 bits per heavy atom. The first-order valence-corrected chi connectivity index (χ1v) is 6.06. The van der Waals surface area contributed by atoms with Crippen molar-refractivity contribution in [3.8, 4) is 0 Å². The zero-order valence-electron chi connectivity index (χ0n) is 9.85. The van der Waals surface area contributed by atoms with Crippen molar-refractivity contribution in [2.45, 2.75) is 20.3 Å². The predicted molar refractivity (Wildman–Crippen MR) is 70.3 cm³/mol. The number of nitrogens with zero attached hydrogens (tertiary/aromatic N) is 1. The van der Waals surface area contributed by atoms with E-state index in [-0.39, 0.29) is 5.82 Å². The van der Waals surface area contributed by atoms with Crippen molar-refractivity contribution < 1.29 is 4.39 Å². The Bertz CT molecular complexity index is 555. The summed E-state index contributed by atoms with van der Waals surface area (Å²) in [5, 5.41) is 4.39. The Balaban J connectivity index is 2.69. The number of hydrogen-bond donors (Lipinski definition) is 1. The van der Waals surface area contributed by atoms with E-state index in [0.717, 1.165) is 29.7 Å². The molecule has 0 fully saturated rings. The Morgan fingerprint density at radius 3 is 2.71 bits per heavy atom. The van der Waals surface area contributed by atoms with Crippen LogP contribution >= 0.6 is 11.6 Å². The molecule has 4 heteroatoms. The van der Waals surface area contributed by atoms with E-state index in [1.165, 1.54) is 12.1 Å². The van der Waals surface area contributed by atoms with Crippen molar-refractivity contribution in [3.63, 3.8) is 0 Å². The molecule has 0 aliphatic carbocycles. The van der Waals surface area contributed by atoms with Gasteiger partial charge in [-0.25, -0.2) is 9.37 Å². The van der Waals surface area contributed by atoms with Crippen LogP contribution in [-0.2, 0) is 6.42 Å². The lowest BCUT2D eigenvalue weighted by Crippen LogP contribution is -2.03. The SMILES string of the molecule is CCNc1nc2cc(F)cc(Cl)c2cc1CC. The average molecular weight is 253 g/mol. The van der Waals surface area contributed by atoms with Crippen LogP contribution in [0.1, 0.15) is 19.4 Å². The first-order valence-electron chi connectivity index (χ1n) is 5.68. The van der Waals surface area contributed by atoms with Crippen LogP contribution in [0.25, 0.3) is 10.9 Å². The maximum absolute atomic E-state index is 13.3. The lowest BCUT2D eigenvalue weighted by atomic mass is 10.1. The van der Waals surface area contributed by atoms with Crippen LogP contribution in [0.4, 0.5) is 10.2 Å². The Hall–Kier alpha value is -1.35. The molecule has 0 saturated heterocycles. The fourth-order valence-corrected chi connectivity index (χ4v) is 2.09. The summed E-state index contributed by atoms with van der Waals surface area (Å²) in [7, 11) is 0. The number of hydrogen-bond acceptors (Lipinski definition) is 2. The van der Waals surface area contributed by atoms with Gasteiger partial charge in [0, 0.05) is 18.0 Å². The highest BCUT2D eigenvalue weighted by Gasteiger charge is 2.08. The molecule has 1 N–H and O–H groups in total. The molecule has 2 aromatic rings. The van der Waals surface area contributed by atoms with Crippen molar-refractivity contribution in [1.29, 1.82) is 0 Å². The van der Waals surface area contributed by atoms with E-state index in [0.29, 0.717) is 10.5 Å². The number of aryl methyl sites for hydroxylation is 1. The van der Waals surface area contributed by atoms with E-state index >= 15 is 0 Å². The minimum Gasteiger partial charge on any atom is -0.370 e. The minimum absolute atomic E-state index is 0.360. The van der Waals surface area contributed by atoms with Gasteiger partial charge in [0.2, 0.25) is 0 Å². The Labute approximate surface area is 105 Å². The van der Waals surface area contributed by atoms with Crippen LogP contribution in [0, 0.1) is 5.82 Å². The zero-order valence-corrected chi connectivity index (χ0v) is 10.6. The van der Waals surface area contributed by atoms with Crippen LogP contribution in [0.5, 0.6) is 0 Å². The second-order valence-corrected chi connectivity index (χ2v) is 4.24. The third-order valence-electron chi connectivity index (χ3n) is 2.65. The van der Waals surface area contributed by atoms with E-state index in [1.54, 1.807) is 0 Å². The molecule has 0 amide bonds. The molecule has 1 aromatic heterocycles. The highest BCUT2D eigenvalue weighted by atomic mass is 35.5. The minimum atomic E-state index is -0.360. The molecule has 0 aliphatic rings. The summed E-state index contributed by atoms with van der Waals surface area (Å²) < 4.78 is 13.3. The normalized spacial score (nSPS) is 10.8. The fourth-order valence-electron chi connectivity index (χ4n) is 1.83. The molecule has 1 aromatic carbocycles. The maximum atomic E-state index is 13.3. The summed E-state index contributed by atoms with van der Waals surface area (Å²) in [5.74, 6) is 0.450. The maximum Gasteiger partial charge on any atom is 0.129 e. The van der Waals surface area contributed by atoms with Crippen LogP contribution in [0.15, 0.2) is 18.2 Å². The Kier molecular flexibility index (Phi) is 3.48. The summed E-state index contributed by atoms with van der Waals surface area (Å²) in [6.45, 7) is 4.85. The van der Waals surface area contributed by atoms with Crippen LogP contribution in [-0.4, -0.2) is 11.5 Å². The number of aromatic nitrogens is 1. The molecule has 0 saturated carbocycles. The van der Waals surface area contributed by atoms with Gasteiger partial charge in [-0.3, -0.25) is 0 Å². The monoisotopic (exact) mass is 252 g/mol. The molecular formula is C13H14ClFN2. The number of anilines is 1. The van der Waals surface area contributed by atoms with Gasteiger partial charge in [-0.05, 0) is 31.0 Å². The lowest BCUT2D eigenvalue weighted by molar-refractivity contribution is 0.629. The van der Waals surface area contributed by atoms with Gasteiger partial charge in [0.1, 0.15) is 11.6 Å². The smallest absolute Gasteiger partial charge is 0.129 e. The van der Waals surface area contributed by atoms with Crippen LogP contribution in [0.2, 0.25) is 5.02 Å².